The lowest BCUT2D eigenvalue weighted by atomic mass is 9.18. The van der Waals surface area contributed by atoms with Crippen LogP contribution in [0.3, 0.4) is 0 Å². The van der Waals surface area contributed by atoms with Crippen LogP contribution >= 0.6 is 0 Å². The molecule has 19 unspecified atom stereocenters. The molecular formula is C76H129BN2. The van der Waals surface area contributed by atoms with Gasteiger partial charge in [0.05, 0.1) is 0 Å². The van der Waals surface area contributed by atoms with E-state index in [2.05, 4.69) is 72.1 Å². The lowest BCUT2D eigenvalue weighted by Crippen LogP contribution is -2.75. The van der Waals surface area contributed by atoms with Gasteiger partial charge in [-0.1, -0.05) is 178 Å². The second-order valence-corrected chi connectivity index (χ2v) is 37.3. The van der Waals surface area contributed by atoms with Crippen molar-refractivity contribution in [2.45, 2.75) is 360 Å². The van der Waals surface area contributed by atoms with Crippen molar-refractivity contribution in [3.63, 3.8) is 0 Å². The summed E-state index contributed by atoms with van der Waals surface area (Å²) in [5.41, 5.74) is 1.31. The molecular weight excluding hydrogens is 952 g/mol. The Hall–Kier alpha value is -0.0151. The van der Waals surface area contributed by atoms with Gasteiger partial charge in [0.25, 0.3) is 0 Å². The normalized spacial score (nSPS) is 49.0. The first-order valence-corrected chi connectivity index (χ1v) is 37.6. The van der Waals surface area contributed by atoms with Crippen LogP contribution < -0.4 is 0 Å². The second-order valence-electron chi connectivity index (χ2n) is 37.3. The number of rotatable bonds is 6. The van der Waals surface area contributed by atoms with Gasteiger partial charge < -0.3 is 0 Å². The van der Waals surface area contributed by atoms with Crippen LogP contribution in [0.15, 0.2) is 0 Å². The van der Waals surface area contributed by atoms with Gasteiger partial charge in [-0.25, -0.2) is 0 Å². The smallest absolute Gasteiger partial charge is 0.156 e. The highest BCUT2D eigenvalue weighted by atomic mass is 15.3. The molecule has 2 saturated heterocycles. The lowest BCUT2D eigenvalue weighted by molar-refractivity contribution is -0.153. The number of hydrogen-bond acceptors (Lipinski definition) is 2. The van der Waals surface area contributed by atoms with E-state index in [1.165, 1.54) is 57.8 Å². The minimum atomic E-state index is 0.391. The summed E-state index contributed by atoms with van der Waals surface area (Å²) in [5, 5.41) is 0. The largest absolute Gasteiger partial charge is 0.295 e. The predicted molar refractivity (Wildman–Crippen MR) is 337 cm³/mol. The molecule has 2 nitrogen and oxygen atoms in total. The molecule has 19 atom stereocenters. The van der Waals surface area contributed by atoms with E-state index >= 15 is 0 Å². The van der Waals surface area contributed by atoms with E-state index in [-0.39, 0.29) is 0 Å². The average Bonchev–Trinajstić information content (AvgIpc) is 3.37. The molecule has 0 bridgehead atoms. The van der Waals surface area contributed by atoms with Gasteiger partial charge in [-0.3, -0.25) is 9.80 Å². The van der Waals surface area contributed by atoms with Crippen LogP contribution in [-0.2, 0) is 0 Å². The molecule has 79 heavy (non-hydrogen) atoms. The topological polar surface area (TPSA) is 6.48 Å². The standard InChI is InChI=1S/C76H129BN2/c1-74(2,3)58-39-55-25-26-56-40-59(75(4,5)6)45-64-63(42-57(41-58)71(55)72(56)64)54-32-38-67-66(43-54)77-65-37-31-53(50-23-17-12-18-24-50)44-68(65)79(62-35-29-52(30-36-62)49-21-15-11-16-22-49)70-47-60(76(7,8)9)46-69(73(70)77)78(67)61-33-27-51(28-34-61)48-19-13-10-14-20-48/h48-73H,10-47H2,1-9H3. The molecule has 0 aromatic rings. The summed E-state index contributed by atoms with van der Waals surface area (Å²) < 4.78 is 0. The molecule has 0 amide bonds. The molecule has 14 fully saturated rings. The summed E-state index contributed by atoms with van der Waals surface area (Å²) >= 11 is 0. The molecule has 0 radical (unpaired) electrons. The zero-order valence-corrected chi connectivity index (χ0v) is 53.9. The Bertz CT molecular complexity index is 2010. The van der Waals surface area contributed by atoms with Crippen LogP contribution in [0.4, 0.5) is 0 Å². The third-order valence-electron chi connectivity index (χ3n) is 31.2. The monoisotopic (exact) mass is 1080 g/mol. The van der Waals surface area contributed by atoms with Crippen LogP contribution in [0, 0.1) is 117 Å². The van der Waals surface area contributed by atoms with Crippen molar-refractivity contribution >= 4 is 6.71 Å². The van der Waals surface area contributed by atoms with Gasteiger partial charge in [0.2, 0.25) is 0 Å². The van der Waals surface area contributed by atoms with Crippen molar-refractivity contribution in [1.82, 2.24) is 9.80 Å². The molecule has 0 spiro atoms. The van der Waals surface area contributed by atoms with E-state index in [9.17, 15) is 0 Å². The highest BCUT2D eigenvalue weighted by molar-refractivity contribution is 6.65. The number of nitrogens with zero attached hydrogens (tertiary/aromatic N) is 2. The number of fused-ring (bicyclic) bond motifs is 4. The Morgan fingerprint density at radius 1 is 0.266 bits per heavy atom. The summed E-state index contributed by atoms with van der Waals surface area (Å²) in [6.45, 7) is 25.2. The van der Waals surface area contributed by atoms with E-state index in [4.69, 9.17) is 0 Å². The van der Waals surface area contributed by atoms with Crippen molar-refractivity contribution in [1.29, 1.82) is 0 Å². The number of hydrogen-bond donors (Lipinski definition) is 0. The molecule has 12 saturated carbocycles. The third-order valence-corrected chi connectivity index (χ3v) is 31.2. The van der Waals surface area contributed by atoms with Gasteiger partial charge in [0, 0.05) is 36.3 Å². The predicted octanol–water partition coefficient (Wildman–Crippen LogP) is 21.0. The van der Waals surface area contributed by atoms with Gasteiger partial charge in [-0.2, -0.15) is 0 Å². The fraction of sp³-hybridized carbons (Fsp3) is 1.00. The summed E-state index contributed by atoms with van der Waals surface area (Å²) in [7, 11) is 0. The molecule has 14 rings (SSSR count). The lowest BCUT2D eigenvalue weighted by Gasteiger charge is -2.71. The maximum absolute atomic E-state index is 3.64. The van der Waals surface area contributed by atoms with Crippen LogP contribution in [0.2, 0.25) is 17.5 Å². The highest BCUT2D eigenvalue weighted by Crippen LogP contribution is 2.70. The summed E-state index contributed by atoms with van der Waals surface area (Å²) in [6.07, 6.45) is 59.6. The van der Waals surface area contributed by atoms with E-state index in [0.717, 1.165) is 161 Å². The van der Waals surface area contributed by atoms with Crippen molar-refractivity contribution in [3.8, 4) is 0 Å². The van der Waals surface area contributed by atoms with Gasteiger partial charge in [0.15, 0.2) is 6.71 Å². The SMILES string of the molecule is CC(C)(C)C1CC2CCC3CC(C(C)(C)C)CC4C(C5CCC6C(C5)B5C7CCC(C8CCCCC8)CC7N(C7CCC(C8CCCCC8)CC7)C7CC(C(C)(C)C)CC(C57)N6C5CCC(C6CCCCC6)CC5)CC(C1)C2C34. The van der Waals surface area contributed by atoms with Crippen molar-refractivity contribution in [2.24, 2.45) is 117 Å². The van der Waals surface area contributed by atoms with Crippen molar-refractivity contribution < 1.29 is 0 Å². The fourth-order valence-electron chi connectivity index (χ4n) is 27.4. The Balaban J connectivity index is 0.844. The molecule has 0 aromatic heterocycles. The molecule has 2 aliphatic heterocycles. The minimum Gasteiger partial charge on any atom is -0.295 e. The fourth-order valence-corrected chi connectivity index (χ4v) is 27.4. The Kier molecular flexibility index (Phi) is 16.2. The summed E-state index contributed by atoms with van der Waals surface area (Å²) in [5.74, 6) is 20.2. The molecule has 0 N–H and O–H groups in total. The molecule has 14 aliphatic rings. The van der Waals surface area contributed by atoms with Gasteiger partial charge in [-0.15, -0.1) is 0 Å². The van der Waals surface area contributed by atoms with E-state index < -0.39 is 0 Å². The zero-order valence-electron chi connectivity index (χ0n) is 53.9. The Morgan fingerprint density at radius 3 is 1.22 bits per heavy atom. The van der Waals surface area contributed by atoms with Gasteiger partial charge >= 0.3 is 0 Å². The maximum atomic E-state index is 3.64. The quantitative estimate of drug-likeness (QED) is 0.245. The average molecular weight is 1080 g/mol. The first kappa shape index (κ1) is 56.8. The van der Waals surface area contributed by atoms with E-state index in [1.54, 1.807) is 186 Å². The minimum absolute atomic E-state index is 0.391. The first-order valence-electron chi connectivity index (χ1n) is 37.6. The van der Waals surface area contributed by atoms with Crippen LogP contribution in [0.1, 0.15) is 306 Å². The van der Waals surface area contributed by atoms with Crippen molar-refractivity contribution in [3.05, 3.63) is 0 Å². The van der Waals surface area contributed by atoms with Gasteiger partial charge in [-0.05, 0) is 263 Å². The highest BCUT2D eigenvalue weighted by Gasteiger charge is 2.68. The van der Waals surface area contributed by atoms with Gasteiger partial charge in [0.1, 0.15) is 0 Å². The molecule has 12 aliphatic carbocycles. The molecule has 3 heteroatoms. The van der Waals surface area contributed by atoms with E-state index in [0.29, 0.717) is 16.2 Å². The first-order chi connectivity index (χ1) is 38.0. The Labute approximate surface area is 490 Å². The zero-order chi connectivity index (χ0) is 54.1. The summed E-state index contributed by atoms with van der Waals surface area (Å²) in [4.78, 5) is 7.28. The molecule has 0 aromatic carbocycles. The van der Waals surface area contributed by atoms with Crippen LogP contribution in [-0.4, -0.2) is 52.8 Å². The van der Waals surface area contributed by atoms with Crippen LogP contribution in [0.5, 0.6) is 0 Å². The molecule has 446 valence electrons. The van der Waals surface area contributed by atoms with E-state index in [1.807, 2.05) is 0 Å². The van der Waals surface area contributed by atoms with Crippen LogP contribution in [0.25, 0.3) is 0 Å². The molecule has 2 heterocycles. The Morgan fingerprint density at radius 2 is 0.684 bits per heavy atom. The maximum Gasteiger partial charge on any atom is 0.156 e. The third kappa shape index (κ3) is 10.7. The van der Waals surface area contributed by atoms with Crippen molar-refractivity contribution in [2.75, 3.05) is 0 Å². The second kappa shape index (κ2) is 22.6. The summed E-state index contributed by atoms with van der Waals surface area (Å²) in [6, 6.07) is 5.19.